The summed E-state index contributed by atoms with van der Waals surface area (Å²) in [6.07, 6.45) is 4.82. The maximum atomic E-state index is 10.3. The number of hydrogen-bond donors (Lipinski definition) is 1. The Morgan fingerprint density at radius 3 is 2.33 bits per heavy atom. The van der Waals surface area contributed by atoms with Crippen LogP contribution in [0.2, 0.25) is 0 Å². The van der Waals surface area contributed by atoms with Gasteiger partial charge in [-0.3, -0.25) is 10.1 Å². The molecule has 0 spiro atoms. The van der Waals surface area contributed by atoms with Crippen molar-refractivity contribution in [3.8, 4) is 48.0 Å². The minimum atomic E-state index is -0.223. The Hall–Kier alpha value is -2.29. The van der Waals surface area contributed by atoms with Crippen LogP contribution in [0.25, 0.3) is 0 Å². The molecule has 0 atom stereocenters. The largest absolute Gasteiger partial charge is 0.285 e. The molecule has 2 nitrogen and oxygen atoms in total. The van der Waals surface area contributed by atoms with Gasteiger partial charge in [-0.15, -0.1) is 6.42 Å². The van der Waals surface area contributed by atoms with Gasteiger partial charge in [-0.05, 0) is 17.8 Å². The van der Waals surface area contributed by atoms with E-state index in [1.165, 1.54) is 6.92 Å². The number of rotatable bonds is 0. The van der Waals surface area contributed by atoms with E-state index in [0.717, 1.165) is 0 Å². The molecule has 0 aromatic heterocycles. The van der Waals surface area contributed by atoms with Gasteiger partial charge in [-0.25, -0.2) is 0 Å². The summed E-state index contributed by atoms with van der Waals surface area (Å²) in [7, 11) is 0. The van der Waals surface area contributed by atoms with Gasteiger partial charge in [0.1, 0.15) is 0 Å². The SMILES string of the molecule is C#CC#CC#CC#CNC(C)=O. The molecule has 0 aliphatic rings. The Balaban J connectivity index is 3.92. The molecule has 0 aliphatic carbocycles. The van der Waals surface area contributed by atoms with Crippen LogP contribution in [0.5, 0.6) is 0 Å². The third-order valence-corrected chi connectivity index (χ3v) is 0.623. The van der Waals surface area contributed by atoms with Crippen molar-refractivity contribution < 1.29 is 4.79 Å². The lowest BCUT2D eigenvalue weighted by Gasteiger charge is -1.80. The minimum absolute atomic E-state index is 0.223. The fourth-order valence-electron chi connectivity index (χ4n) is 0.280. The second kappa shape index (κ2) is 6.82. The molecule has 0 aromatic rings. The molecule has 0 aromatic carbocycles. The smallest absolute Gasteiger partial charge is 0.228 e. The quantitative estimate of drug-likeness (QED) is 0.378. The Kier molecular flexibility index (Phi) is 5.52. The zero-order valence-electron chi connectivity index (χ0n) is 6.49. The van der Waals surface area contributed by atoms with Gasteiger partial charge in [0.15, 0.2) is 0 Å². The molecule has 0 unspecified atom stereocenters. The van der Waals surface area contributed by atoms with Crippen molar-refractivity contribution in [1.29, 1.82) is 0 Å². The Labute approximate surface area is 71.7 Å². The van der Waals surface area contributed by atoms with Crippen LogP contribution in [0.4, 0.5) is 0 Å². The summed E-state index contributed by atoms with van der Waals surface area (Å²) in [4.78, 5) is 10.3. The third-order valence-electron chi connectivity index (χ3n) is 0.623. The highest BCUT2D eigenvalue weighted by molar-refractivity contribution is 5.74. The van der Waals surface area contributed by atoms with Gasteiger partial charge in [0, 0.05) is 30.7 Å². The van der Waals surface area contributed by atoms with Gasteiger partial charge in [0.25, 0.3) is 0 Å². The van der Waals surface area contributed by atoms with E-state index in [2.05, 4.69) is 46.9 Å². The van der Waals surface area contributed by atoms with E-state index in [9.17, 15) is 4.79 Å². The highest BCUT2D eigenvalue weighted by atomic mass is 16.1. The molecule has 56 valence electrons. The number of carbonyl (C=O) groups excluding carboxylic acids is 1. The first-order valence-corrected chi connectivity index (χ1v) is 2.99. The Morgan fingerprint density at radius 2 is 1.75 bits per heavy atom. The summed E-state index contributed by atoms with van der Waals surface area (Å²) in [5.74, 6) is 13.7. The highest BCUT2D eigenvalue weighted by Crippen LogP contribution is 1.55. The second-order valence-electron chi connectivity index (χ2n) is 1.58. The van der Waals surface area contributed by atoms with Crippen LogP contribution >= 0.6 is 0 Å². The normalized spacial score (nSPS) is 5.00. The Morgan fingerprint density at radius 1 is 1.17 bits per heavy atom. The van der Waals surface area contributed by atoms with E-state index in [1.807, 2.05) is 0 Å². The van der Waals surface area contributed by atoms with Crippen molar-refractivity contribution in [2.45, 2.75) is 6.92 Å². The molecular weight excluding hydrogens is 150 g/mol. The molecule has 0 saturated heterocycles. The van der Waals surface area contributed by atoms with Crippen LogP contribution in [0.3, 0.4) is 0 Å². The van der Waals surface area contributed by atoms with E-state index in [-0.39, 0.29) is 5.91 Å². The fraction of sp³-hybridized carbons (Fsp3) is 0.100. The lowest BCUT2D eigenvalue weighted by atomic mass is 10.5. The molecule has 0 heterocycles. The first-order valence-electron chi connectivity index (χ1n) is 2.99. The van der Waals surface area contributed by atoms with Crippen LogP contribution in [0.15, 0.2) is 0 Å². The van der Waals surface area contributed by atoms with Gasteiger partial charge >= 0.3 is 0 Å². The summed E-state index contributed by atoms with van der Waals surface area (Å²) >= 11 is 0. The fourth-order valence-corrected chi connectivity index (χ4v) is 0.280. The number of amides is 1. The van der Waals surface area contributed by atoms with Gasteiger partial charge in [-0.2, -0.15) is 0 Å². The monoisotopic (exact) mass is 155 g/mol. The molecule has 1 N–H and O–H groups in total. The Bertz CT molecular complexity index is 379. The van der Waals surface area contributed by atoms with Crippen molar-refractivity contribution in [3.63, 3.8) is 0 Å². The average Bonchev–Trinajstić information content (AvgIpc) is 2.02. The number of nitrogens with one attached hydrogen (secondary N) is 1. The van der Waals surface area contributed by atoms with Crippen molar-refractivity contribution in [2.75, 3.05) is 0 Å². The lowest BCUT2D eigenvalue weighted by molar-refractivity contribution is -0.117. The van der Waals surface area contributed by atoms with Crippen LogP contribution < -0.4 is 5.32 Å². The molecular formula is C10H5NO. The first-order chi connectivity index (χ1) is 5.77. The highest BCUT2D eigenvalue weighted by Gasteiger charge is 1.78. The predicted octanol–water partition coefficient (Wildman–Crippen LogP) is -0.277. The summed E-state index contributed by atoms with van der Waals surface area (Å²) in [5.41, 5.74) is 0. The summed E-state index contributed by atoms with van der Waals surface area (Å²) < 4.78 is 0. The number of hydrogen-bond acceptors (Lipinski definition) is 1. The third kappa shape index (κ3) is 7.71. The van der Waals surface area contributed by atoms with Crippen molar-refractivity contribution in [1.82, 2.24) is 5.32 Å². The molecule has 0 saturated carbocycles. The minimum Gasteiger partial charge on any atom is -0.285 e. The molecule has 0 bridgehead atoms. The van der Waals surface area contributed by atoms with Crippen molar-refractivity contribution >= 4 is 5.91 Å². The van der Waals surface area contributed by atoms with Gasteiger partial charge < -0.3 is 0 Å². The predicted molar refractivity (Wildman–Crippen MR) is 46.0 cm³/mol. The van der Waals surface area contributed by atoms with Crippen LogP contribution in [-0.4, -0.2) is 5.91 Å². The average molecular weight is 155 g/mol. The lowest BCUT2D eigenvalue weighted by Crippen LogP contribution is -2.11. The number of carbonyl (C=O) groups is 1. The summed E-state index contributed by atoms with van der Waals surface area (Å²) in [5, 5.41) is 2.25. The van der Waals surface area contributed by atoms with Gasteiger partial charge in [-0.1, -0.05) is 0 Å². The molecule has 0 rings (SSSR count). The molecule has 2 heteroatoms. The van der Waals surface area contributed by atoms with Crippen LogP contribution in [0, 0.1) is 48.0 Å². The van der Waals surface area contributed by atoms with Crippen molar-refractivity contribution in [3.05, 3.63) is 0 Å². The molecule has 0 fully saturated rings. The number of terminal acetylenes is 1. The van der Waals surface area contributed by atoms with E-state index in [1.54, 1.807) is 0 Å². The summed E-state index contributed by atoms with van der Waals surface area (Å²) in [6, 6.07) is 2.32. The molecule has 1 amide bonds. The van der Waals surface area contributed by atoms with Crippen molar-refractivity contribution in [2.24, 2.45) is 0 Å². The first kappa shape index (κ1) is 9.71. The van der Waals surface area contributed by atoms with E-state index in [0.29, 0.717) is 0 Å². The van der Waals surface area contributed by atoms with E-state index >= 15 is 0 Å². The zero-order valence-corrected chi connectivity index (χ0v) is 6.49. The molecule has 0 aliphatic heterocycles. The van der Waals surface area contributed by atoms with Crippen LogP contribution in [0.1, 0.15) is 6.92 Å². The second-order valence-corrected chi connectivity index (χ2v) is 1.58. The van der Waals surface area contributed by atoms with E-state index in [4.69, 9.17) is 6.42 Å². The molecule has 0 radical (unpaired) electrons. The standard InChI is InChI=1S/C10H5NO/c1-3-4-5-6-7-8-9-11-10(2)12/h1H,2H3,(H,11,12). The maximum absolute atomic E-state index is 10.3. The summed E-state index contributed by atoms with van der Waals surface area (Å²) in [6.45, 7) is 1.36. The zero-order chi connectivity index (χ0) is 9.23. The topological polar surface area (TPSA) is 29.1 Å². The van der Waals surface area contributed by atoms with Gasteiger partial charge in [0.2, 0.25) is 5.91 Å². The molecule has 12 heavy (non-hydrogen) atoms. The maximum Gasteiger partial charge on any atom is 0.228 e. The van der Waals surface area contributed by atoms with E-state index < -0.39 is 0 Å². The van der Waals surface area contributed by atoms with Crippen LogP contribution in [-0.2, 0) is 4.79 Å². The van der Waals surface area contributed by atoms with Gasteiger partial charge in [0.05, 0.1) is 0 Å².